The lowest BCUT2D eigenvalue weighted by Crippen LogP contribution is -2.34. The predicted octanol–water partition coefficient (Wildman–Crippen LogP) is 2.17. The molecular weight excluding hydrogens is 240 g/mol. The van der Waals surface area contributed by atoms with Crippen LogP contribution in [0.5, 0.6) is 0 Å². The molecule has 0 saturated heterocycles. The van der Waals surface area contributed by atoms with Crippen LogP contribution in [0.3, 0.4) is 0 Å². The molecule has 1 aromatic heterocycles. The van der Waals surface area contributed by atoms with Gasteiger partial charge in [-0.15, -0.1) is 0 Å². The molecule has 1 aliphatic rings. The van der Waals surface area contributed by atoms with Crippen LogP contribution in [0.1, 0.15) is 43.1 Å². The van der Waals surface area contributed by atoms with E-state index in [1.54, 1.807) is 17.3 Å². The van der Waals surface area contributed by atoms with Gasteiger partial charge < -0.3 is 10.2 Å². The van der Waals surface area contributed by atoms with E-state index in [2.05, 4.69) is 22.2 Å². The molecule has 1 aliphatic carbocycles. The molecule has 19 heavy (non-hydrogen) atoms. The lowest BCUT2D eigenvalue weighted by molar-refractivity contribution is 0.0739. The number of aromatic nitrogens is 2. The van der Waals surface area contributed by atoms with E-state index in [-0.39, 0.29) is 5.91 Å². The van der Waals surface area contributed by atoms with Gasteiger partial charge in [-0.1, -0.05) is 13.3 Å². The highest BCUT2D eigenvalue weighted by Crippen LogP contribution is 2.26. The number of hydrogen-bond acceptors (Lipinski definition) is 4. The number of nitrogens with one attached hydrogen (secondary N) is 1. The molecule has 0 bridgehead atoms. The third-order valence-electron chi connectivity index (χ3n) is 3.53. The SMILES string of the molecule is CCCNc1cnc(C(=O)N(C)CC2CCC2)cn1. The molecule has 0 aromatic carbocycles. The van der Waals surface area contributed by atoms with Gasteiger partial charge in [0.15, 0.2) is 0 Å². The molecule has 104 valence electrons. The topological polar surface area (TPSA) is 58.1 Å². The van der Waals surface area contributed by atoms with Gasteiger partial charge in [-0.2, -0.15) is 0 Å². The summed E-state index contributed by atoms with van der Waals surface area (Å²) in [5, 5.41) is 3.14. The van der Waals surface area contributed by atoms with Crippen molar-refractivity contribution in [1.82, 2.24) is 14.9 Å². The zero-order valence-electron chi connectivity index (χ0n) is 11.7. The number of amides is 1. The summed E-state index contributed by atoms with van der Waals surface area (Å²) in [6, 6.07) is 0. The first-order valence-electron chi connectivity index (χ1n) is 7.02. The summed E-state index contributed by atoms with van der Waals surface area (Å²) in [7, 11) is 1.84. The summed E-state index contributed by atoms with van der Waals surface area (Å²) >= 11 is 0. The van der Waals surface area contributed by atoms with Crippen molar-refractivity contribution in [1.29, 1.82) is 0 Å². The Balaban J connectivity index is 1.90. The number of rotatable bonds is 6. The first-order chi connectivity index (χ1) is 9.20. The van der Waals surface area contributed by atoms with Crippen LogP contribution >= 0.6 is 0 Å². The van der Waals surface area contributed by atoms with E-state index in [1.165, 1.54) is 19.3 Å². The van der Waals surface area contributed by atoms with E-state index in [4.69, 9.17) is 0 Å². The lowest BCUT2D eigenvalue weighted by atomic mass is 9.85. The molecule has 0 atom stereocenters. The van der Waals surface area contributed by atoms with Gasteiger partial charge in [0.1, 0.15) is 11.5 Å². The monoisotopic (exact) mass is 262 g/mol. The fraction of sp³-hybridized carbons (Fsp3) is 0.643. The molecule has 0 unspecified atom stereocenters. The third-order valence-corrected chi connectivity index (χ3v) is 3.53. The zero-order chi connectivity index (χ0) is 13.7. The highest BCUT2D eigenvalue weighted by Gasteiger charge is 2.22. The number of nitrogens with zero attached hydrogens (tertiary/aromatic N) is 3. The van der Waals surface area contributed by atoms with Crippen molar-refractivity contribution in [3.63, 3.8) is 0 Å². The summed E-state index contributed by atoms with van der Waals surface area (Å²) in [4.78, 5) is 22.3. The molecule has 5 heteroatoms. The van der Waals surface area contributed by atoms with E-state index in [0.717, 1.165) is 25.3 Å². The molecular formula is C14H22N4O. The van der Waals surface area contributed by atoms with E-state index in [0.29, 0.717) is 11.6 Å². The second-order valence-corrected chi connectivity index (χ2v) is 5.20. The minimum atomic E-state index is -0.0403. The summed E-state index contributed by atoms with van der Waals surface area (Å²) < 4.78 is 0. The third kappa shape index (κ3) is 3.66. The van der Waals surface area contributed by atoms with Crippen molar-refractivity contribution in [2.45, 2.75) is 32.6 Å². The quantitative estimate of drug-likeness (QED) is 0.853. The molecule has 0 spiro atoms. The predicted molar refractivity (Wildman–Crippen MR) is 75.1 cm³/mol. The normalized spacial score (nSPS) is 14.8. The Morgan fingerprint density at radius 3 is 2.74 bits per heavy atom. The Kier molecular flexibility index (Phi) is 4.71. The standard InChI is InChI=1S/C14H22N4O/c1-3-7-15-13-9-16-12(8-17-13)14(19)18(2)10-11-5-4-6-11/h8-9,11H,3-7,10H2,1-2H3,(H,15,17). The van der Waals surface area contributed by atoms with Crippen LogP contribution in [-0.2, 0) is 0 Å². The highest BCUT2D eigenvalue weighted by molar-refractivity contribution is 5.91. The van der Waals surface area contributed by atoms with Gasteiger partial charge in [-0.3, -0.25) is 4.79 Å². The molecule has 2 rings (SSSR count). The molecule has 1 saturated carbocycles. The Labute approximate surface area is 114 Å². The number of hydrogen-bond donors (Lipinski definition) is 1. The van der Waals surface area contributed by atoms with Crippen molar-refractivity contribution < 1.29 is 4.79 Å². The van der Waals surface area contributed by atoms with Gasteiger partial charge in [-0.25, -0.2) is 9.97 Å². The van der Waals surface area contributed by atoms with Crippen LogP contribution in [-0.4, -0.2) is 40.9 Å². The van der Waals surface area contributed by atoms with E-state index in [1.807, 2.05) is 7.05 Å². The first-order valence-corrected chi connectivity index (χ1v) is 7.02. The maximum atomic E-state index is 12.1. The van der Waals surface area contributed by atoms with Crippen LogP contribution in [0.15, 0.2) is 12.4 Å². The van der Waals surface area contributed by atoms with Gasteiger partial charge in [0.25, 0.3) is 5.91 Å². The smallest absolute Gasteiger partial charge is 0.273 e. The number of anilines is 1. The van der Waals surface area contributed by atoms with E-state index in [9.17, 15) is 4.79 Å². The second-order valence-electron chi connectivity index (χ2n) is 5.20. The van der Waals surface area contributed by atoms with Crippen LogP contribution in [0, 0.1) is 5.92 Å². The average molecular weight is 262 g/mol. The minimum absolute atomic E-state index is 0.0403. The average Bonchev–Trinajstić information content (AvgIpc) is 2.40. The van der Waals surface area contributed by atoms with Crippen molar-refractivity contribution in [2.75, 3.05) is 25.5 Å². The van der Waals surface area contributed by atoms with Crippen LogP contribution in [0.25, 0.3) is 0 Å². The number of carbonyl (C=O) groups is 1. The molecule has 1 aromatic rings. The maximum Gasteiger partial charge on any atom is 0.273 e. The zero-order valence-corrected chi connectivity index (χ0v) is 11.7. The highest BCUT2D eigenvalue weighted by atomic mass is 16.2. The number of carbonyl (C=O) groups excluding carboxylic acids is 1. The summed E-state index contributed by atoms with van der Waals surface area (Å²) in [5.74, 6) is 1.36. The van der Waals surface area contributed by atoms with Gasteiger partial charge in [0, 0.05) is 20.1 Å². The van der Waals surface area contributed by atoms with Crippen molar-refractivity contribution in [3.05, 3.63) is 18.1 Å². The molecule has 1 N–H and O–H groups in total. The Morgan fingerprint density at radius 2 is 2.21 bits per heavy atom. The van der Waals surface area contributed by atoms with Gasteiger partial charge in [0.05, 0.1) is 12.4 Å². The fourth-order valence-electron chi connectivity index (χ4n) is 2.12. The van der Waals surface area contributed by atoms with Crippen LogP contribution in [0.4, 0.5) is 5.82 Å². The van der Waals surface area contributed by atoms with Crippen molar-refractivity contribution in [2.24, 2.45) is 5.92 Å². The summed E-state index contributed by atoms with van der Waals surface area (Å²) in [6.45, 7) is 3.79. The van der Waals surface area contributed by atoms with Gasteiger partial charge in [-0.05, 0) is 25.2 Å². The second kappa shape index (κ2) is 6.50. The molecule has 1 heterocycles. The molecule has 1 fully saturated rings. The summed E-state index contributed by atoms with van der Waals surface area (Å²) in [6.07, 6.45) is 7.99. The van der Waals surface area contributed by atoms with Gasteiger partial charge in [0.2, 0.25) is 0 Å². The Bertz CT molecular complexity index is 414. The lowest BCUT2D eigenvalue weighted by Gasteiger charge is -2.29. The van der Waals surface area contributed by atoms with E-state index < -0.39 is 0 Å². The molecule has 1 amide bonds. The van der Waals surface area contributed by atoms with Gasteiger partial charge >= 0.3 is 0 Å². The van der Waals surface area contributed by atoms with Crippen molar-refractivity contribution in [3.8, 4) is 0 Å². The summed E-state index contributed by atoms with van der Waals surface area (Å²) in [5.41, 5.74) is 0.420. The maximum absolute atomic E-state index is 12.1. The van der Waals surface area contributed by atoms with Crippen LogP contribution < -0.4 is 5.32 Å². The van der Waals surface area contributed by atoms with Crippen molar-refractivity contribution >= 4 is 11.7 Å². The molecule has 0 radical (unpaired) electrons. The minimum Gasteiger partial charge on any atom is -0.369 e. The Hall–Kier alpha value is -1.65. The largest absolute Gasteiger partial charge is 0.369 e. The fourth-order valence-corrected chi connectivity index (χ4v) is 2.12. The van der Waals surface area contributed by atoms with Crippen LogP contribution in [0.2, 0.25) is 0 Å². The van der Waals surface area contributed by atoms with E-state index >= 15 is 0 Å². The molecule has 5 nitrogen and oxygen atoms in total. The molecule has 0 aliphatic heterocycles. The first kappa shape index (κ1) is 13.8. The Morgan fingerprint density at radius 1 is 1.42 bits per heavy atom.